The third-order valence-corrected chi connectivity index (χ3v) is 2.14. The fourth-order valence-corrected chi connectivity index (χ4v) is 1.20. The van der Waals surface area contributed by atoms with Crippen molar-refractivity contribution < 1.29 is 9.53 Å². The Morgan fingerprint density at radius 3 is 3.00 bits per heavy atom. The fourth-order valence-electron chi connectivity index (χ4n) is 1.01. The van der Waals surface area contributed by atoms with Gasteiger partial charge in [0, 0.05) is 6.20 Å². The minimum atomic E-state index is 0.202. The Labute approximate surface area is 80.7 Å². The zero-order valence-corrected chi connectivity index (χ0v) is 7.62. The standard InChI is InChI=1S/C9H8ClNO2/c10-9-7(5-12)8(3-4-11-9)13-6-1-2-6/h3-6H,1-2H2. The number of hydrogen-bond acceptors (Lipinski definition) is 3. The van der Waals surface area contributed by atoms with Crippen LogP contribution in [0.5, 0.6) is 5.75 Å². The molecule has 1 aliphatic carbocycles. The summed E-state index contributed by atoms with van der Waals surface area (Å²) in [5.41, 5.74) is 0.344. The lowest BCUT2D eigenvalue weighted by atomic mass is 10.3. The van der Waals surface area contributed by atoms with Crippen LogP contribution < -0.4 is 4.74 Å². The molecule has 13 heavy (non-hydrogen) atoms. The highest BCUT2D eigenvalue weighted by molar-refractivity contribution is 6.32. The number of hydrogen-bond donors (Lipinski definition) is 0. The van der Waals surface area contributed by atoms with Crippen LogP contribution in [-0.2, 0) is 0 Å². The lowest BCUT2D eigenvalue weighted by Gasteiger charge is -2.06. The third kappa shape index (κ3) is 1.80. The molecule has 1 saturated carbocycles. The molecule has 0 bridgehead atoms. The summed E-state index contributed by atoms with van der Waals surface area (Å²) >= 11 is 5.71. The Bertz CT molecular complexity index is 336. The number of nitrogens with zero attached hydrogens (tertiary/aromatic N) is 1. The van der Waals surface area contributed by atoms with Crippen molar-refractivity contribution in [2.45, 2.75) is 18.9 Å². The third-order valence-electron chi connectivity index (χ3n) is 1.84. The number of ether oxygens (including phenoxy) is 1. The van der Waals surface area contributed by atoms with E-state index in [9.17, 15) is 4.79 Å². The van der Waals surface area contributed by atoms with Crippen LogP contribution in [0, 0.1) is 0 Å². The first kappa shape index (κ1) is 8.51. The highest BCUT2D eigenvalue weighted by Gasteiger charge is 2.25. The molecule has 0 radical (unpaired) electrons. The molecule has 0 saturated heterocycles. The number of rotatable bonds is 3. The predicted octanol–water partition coefficient (Wildman–Crippen LogP) is 2.09. The van der Waals surface area contributed by atoms with E-state index in [1.165, 1.54) is 6.20 Å². The van der Waals surface area contributed by atoms with Gasteiger partial charge in [-0.15, -0.1) is 0 Å². The number of carbonyl (C=O) groups excluding carboxylic acids is 1. The highest BCUT2D eigenvalue weighted by Crippen LogP contribution is 2.30. The zero-order chi connectivity index (χ0) is 9.26. The van der Waals surface area contributed by atoms with Crippen molar-refractivity contribution in [1.29, 1.82) is 0 Å². The molecule has 0 aromatic carbocycles. The Balaban J connectivity index is 2.30. The van der Waals surface area contributed by atoms with E-state index >= 15 is 0 Å². The fraction of sp³-hybridized carbons (Fsp3) is 0.333. The van der Waals surface area contributed by atoms with Crippen molar-refractivity contribution in [1.82, 2.24) is 4.98 Å². The van der Waals surface area contributed by atoms with Crippen LogP contribution in [0.3, 0.4) is 0 Å². The second-order valence-corrected chi connectivity index (χ2v) is 3.31. The van der Waals surface area contributed by atoms with Gasteiger partial charge in [0.1, 0.15) is 10.9 Å². The zero-order valence-electron chi connectivity index (χ0n) is 6.87. The summed E-state index contributed by atoms with van der Waals surface area (Å²) in [6.07, 6.45) is 4.58. The van der Waals surface area contributed by atoms with E-state index in [0.29, 0.717) is 17.6 Å². The number of aldehydes is 1. The van der Waals surface area contributed by atoms with E-state index in [1.807, 2.05) is 0 Å². The molecule has 1 aromatic heterocycles. The molecule has 68 valence electrons. The van der Waals surface area contributed by atoms with Crippen molar-refractivity contribution in [3.8, 4) is 5.75 Å². The van der Waals surface area contributed by atoms with Crippen LogP contribution in [0.25, 0.3) is 0 Å². The van der Waals surface area contributed by atoms with Gasteiger partial charge >= 0.3 is 0 Å². The molecular weight excluding hydrogens is 190 g/mol. The van der Waals surface area contributed by atoms with E-state index in [-0.39, 0.29) is 11.3 Å². The average Bonchev–Trinajstić information content (AvgIpc) is 2.89. The largest absolute Gasteiger partial charge is 0.490 e. The van der Waals surface area contributed by atoms with E-state index in [0.717, 1.165) is 12.8 Å². The molecule has 2 rings (SSSR count). The smallest absolute Gasteiger partial charge is 0.156 e. The molecule has 0 spiro atoms. The topological polar surface area (TPSA) is 39.2 Å². The Morgan fingerprint density at radius 1 is 1.62 bits per heavy atom. The molecule has 0 aliphatic heterocycles. The van der Waals surface area contributed by atoms with Gasteiger partial charge in [-0.25, -0.2) is 4.98 Å². The second-order valence-electron chi connectivity index (χ2n) is 2.95. The van der Waals surface area contributed by atoms with Crippen molar-refractivity contribution in [2.24, 2.45) is 0 Å². The maximum atomic E-state index is 10.6. The first-order valence-electron chi connectivity index (χ1n) is 4.07. The molecule has 0 atom stereocenters. The van der Waals surface area contributed by atoms with Gasteiger partial charge in [-0.2, -0.15) is 0 Å². The average molecular weight is 198 g/mol. The summed E-state index contributed by atoms with van der Waals surface area (Å²) in [5.74, 6) is 0.539. The van der Waals surface area contributed by atoms with E-state index < -0.39 is 0 Å². The van der Waals surface area contributed by atoms with E-state index in [4.69, 9.17) is 16.3 Å². The van der Waals surface area contributed by atoms with Crippen molar-refractivity contribution in [2.75, 3.05) is 0 Å². The molecule has 0 unspecified atom stereocenters. The molecule has 1 aliphatic rings. The van der Waals surface area contributed by atoms with E-state index in [1.54, 1.807) is 6.07 Å². The van der Waals surface area contributed by atoms with Crippen LogP contribution in [0.1, 0.15) is 23.2 Å². The summed E-state index contributed by atoms with van der Waals surface area (Å²) in [5, 5.41) is 0.202. The minimum absolute atomic E-state index is 0.202. The van der Waals surface area contributed by atoms with Crippen LogP contribution >= 0.6 is 11.6 Å². The molecular formula is C9H8ClNO2. The molecule has 1 fully saturated rings. The summed E-state index contributed by atoms with van der Waals surface area (Å²) in [7, 11) is 0. The first-order chi connectivity index (χ1) is 6.31. The van der Waals surface area contributed by atoms with Gasteiger partial charge in [-0.1, -0.05) is 11.6 Å². The maximum Gasteiger partial charge on any atom is 0.156 e. The first-order valence-corrected chi connectivity index (χ1v) is 4.45. The molecule has 0 N–H and O–H groups in total. The van der Waals surface area contributed by atoms with Crippen molar-refractivity contribution in [3.05, 3.63) is 23.0 Å². The summed E-state index contributed by atoms with van der Waals surface area (Å²) < 4.78 is 5.47. The quantitative estimate of drug-likeness (QED) is 0.550. The summed E-state index contributed by atoms with van der Waals surface area (Å²) in [4.78, 5) is 14.4. The normalized spacial score (nSPS) is 15.5. The minimum Gasteiger partial charge on any atom is -0.490 e. The monoisotopic (exact) mass is 197 g/mol. The SMILES string of the molecule is O=Cc1c(OC2CC2)ccnc1Cl. The Kier molecular flexibility index (Phi) is 2.19. The van der Waals surface area contributed by atoms with E-state index in [2.05, 4.69) is 4.98 Å². The number of pyridine rings is 1. The van der Waals surface area contributed by atoms with Gasteiger partial charge < -0.3 is 4.74 Å². The predicted molar refractivity (Wildman–Crippen MR) is 48.3 cm³/mol. The molecule has 1 aromatic rings. The van der Waals surface area contributed by atoms with Crippen LogP contribution in [0.2, 0.25) is 5.15 Å². The van der Waals surface area contributed by atoms with Crippen molar-refractivity contribution in [3.63, 3.8) is 0 Å². The van der Waals surface area contributed by atoms with Crippen LogP contribution in [-0.4, -0.2) is 17.4 Å². The highest BCUT2D eigenvalue weighted by atomic mass is 35.5. The Hall–Kier alpha value is -1.09. The van der Waals surface area contributed by atoms with Gasteiger partial charge in [0.25, 0.3) is 0 Å². The number of halogens is 1. The lowest BCUT2D eigenvalue weighted by molar-refractivity contribution is 0.111. The van der Waals surface area contributed by atoms with Gasteiger partial charge in [-0.05, 0) is 18.9 Å². The molecule has 1 heterocycles. The van der Waals surface area contributed by atoms with Crippen molar-refractivity contribution >= 4 is 17.9 Å². The van der Waals surface area contributed by atoms with Crippen LogP contribution in [0.15, 0.2) is 12.3 Å². The van der Waals surface area contributed by atoms with Crippen LogP contribution in [0.4, 0.5) is 0 Å². The lowest BCUT2D eigenvalue weighted by Crippen LogP contribution is -2.00. The number of carbonyl (C=O) groups is 1. The number of aromatic nitrogens is 1. The van der Waals surface area contributed by atoms with Gasteiger partial charge in [-0.3, -0.25) is 4.79 Å². The summed E-state index contributed by atoms with van der Waals surface area (Å²) in [6, 6.07) is 1.66. The molecule has 4 heteroatoms. The van der Waals surface area contributed by atoms with Gasteiger partial charge in [0.15, 0.2) is 6.29 Å². The summed E-state index contributed by atoms with van der Waals surface area (Å²) in [6.45, 7) is 0. The second kappa shape index (κ2) is 3.34. The van der Waals surface area contributed by atoms with Gasteiger partial charge in [0.2, 0.25) is 0 Å². The molecule has 0 amide bonds. The Morgan fingerprint density at radius 2 is 2.38 bits per heavy atom. The maximum absolute atomic E-state index is 10.6. The molecule has 3 nitrogen and oxygen atoms in total. The van der Waals surface area contributed by atoms with Gasteiger partial charge in [0.05, 0.1) is 11.7 Å².